The minimum Gasteiger partial charge on any atom is -0.345 e. The number of hydrogen-bond acceptors (Lipinski definition) is 5. The van der Waals surface area contributed by atoms with Crippen LogP contribution in [0.15, 0.2) is 24.3 Å². The van der Waals surface area contributed by atoms with Gasteiger partial charge in [-0.1, -0.05) is 45.4 Å². The third-order valence-corrected chi connectivity index (χ3v) is 10.1. The first-order chi connectivity index (χ1) is 20.6. The van der Waals surface area contributed by atoms with Gasteiger partial charge in [-0.05, 0) is 69.7 Å². The van der Waals surface area contributed by atoms with Crippen molar-refractivity contribution in [2.75, 3.05) is 33.7 Å². The van der Waals surface area contributed by atoms with Crippen LogP contribution in [-0.4, -0.2) is 87.5 Å². The Morgan fingerprint density at radius 2 is 1.70 bits per heavy atom. The van der Waals surface area contributed by atoms with Crippen molar-refractivity contribution >= 4 is 30.1 Å². The molecule has 3 heterocycles. The maximum atomic E-state index is 13.9. The standard InChI is InChI=1S/C34H50N6O3.ClH/c1-6-7-19-39-32(42)30(22-26-11-9-8-10-12-26)35-33(43)34(39)17-20-38(21-18-34)23-29-24(2)36-40(25(29)3)28-15-13-27(14-16-28)31(41)37(4)5;/h13-16,26,30H,6-12,17-23H2,1-5H3,(H,35,43);1H/t30-;/m0./s1. The fourth-order valence-corrected chi connectivity index (χ4v) is 7.39. The van der Waals surface area contributed by atoms with Crippen LogP contribution in [-0.2, 0) is 16.1 Å². The lowest BCUT2D eigenvalue weighted by Gasteiger charge is -2.52. The van der Waals surface area contributed by atoms with E-state index < -0.39 is 5.54 Å². The minimum atomic E-state index is -0.744. The highest BCUT2D eigenvalue weighted by atomic mass is 35.5. The zero-order valence-electron chi connectivity index (χ0n) is 27.2. The Hall–Kier alpha value is -2.91. The number of halogens is 1. The lowest BCUT2D eigenvalue weighted by Crippen LogP contribution is -2.73. The van der Waals surface area contributed by atoms with Gasteiger partial charge in [-0.2, -0.15) is 5.10 Å². The van der Waals surface area contributed by atoms with E-state index in [4.69, 9.17) is 5.10 Å². The summed E-state index contributed by atoms with van der Waals surface area (Å²) >= 11 is 0. The fraction of sp³-hybridized carbons (Fsp3) is 0.647. The second-order valence-electron chi connectivity index (χ2n) is 13.2. The summed E-state index contributed by atoms with van der Waals surface area (Å²) in [6, 6.07) is 7.20. The van der Waals surface area contributed by atoms with Crippen LogP contribution in [0.25, 0.3) is 5.69 Å². The Morgan fingerprint density at radius 1 is 1.05 bits per heavy atom. The number of piperazine rings is 1. The lowest BCUT2D eigenvalue weighted by atomic mass is 9.79. The van der Waals surface area contributed by atoms with Crippen LogP contribution in [0, 0.1) is 19.8 Å². The Morgan fingerprint density at radius 3 is 2.32 bits per heavy atom. The maximum absolute atomic E-state index is 13.9. The van der Waals surface area contributed by atoms with Gasteiger partial charge in [0, 0.05) is 57.1 Å². The largest absolute Gasteiger partial charge is 0.345 e. The van der Waals surface area contributed by atoms with Gasteiger partial charge in [0.15, 0.2) is 0 Å². The molecule has 10 heteroatoms. The number of benzene rings is 1. The number of rotatable bonds is 9. The highest BCUT2D eigenvalue weighted by molar-refractivity contribution is 6.00. The molecule has 242 valence electrons. The molecule has 1 spiro atoms. The molecule has 1 aliphatic carbocycles. The first-order valence-electron chi connectivity index (χ1n) is 16.4. The number of hydrogen-bond donors (Lipinski definition) is 1. The summed E-state index contributed by atoms with van der Waals surface area (Å²) in [4.78, 5) is 46.0. The lowest BCUT2D eigenvalue weighted by molar-refractivity contribution is -0.162. The average Bonchev–Trinajstić information content (AvgIpc) is 3.29. The second kappa shape index (κ2) is 14.5. The van der Waals surface area contributed by atoms with Gasteiger partial charge in [0.05, 0.1) is 11.4 Å². The predicted octanol–water partition coefficient (Wildman–Crippen LogP) is 5.04. The molecule has 2 aromatic rings. The zero-order chi connectivity index (χ0) is 30.7. The number of carbonyl (C=O) groups is 3. The van der Waals surface area contributed by atoms with Crippen LogP contribution in [0.3, 0.4) is 0 Å². The fourth-order valence-electron chi connectivity index (χ4n) is 7.39. The van der Waals surface area contributed by atoms with Crippen molar-refractivity contribution in [3.05, 3.63) is 46.8 Å². The van der Waals surface area contributed by atoms with Crippen molar-refractivity contribution in [3.63, 3.8) is 0 Å². The van der Waals surface area contributed by atoms with Crippen LogP contribution in [0.1, 0.15) is 98.4 Å². The summed E-state index contributed by atoms with van der Waals surface area (Å²) < 4.78 is 1.95. The molecule has 1 saturated carbocycles. The molecule has 3 fully saturated rings. The van der Waals surface area contributed by atoms with Crippen molar-refractivity contribution < 1.29 is 14.4 Å². The van der Waals surface area contributed by atoms with E-state index in [1.165, 1.54) is 37.7 Å². The van der Waals surface area contributed by atoms with Crippen molar-refractivity contribution in [3.8, 4) is 5.69 Å². The molecule has 1 atom stereocenters. The second-order valence-corrected chi connectivity index (χ2v) is 13.2. The predicted molar refractivity (Wildman–Crippen MR) is 175 cm³/mol. The molecular weight excluding hydrogens is 576 g/mol. The molecule has 44 heavy (non-hydrogen) atoms. The molecule has 2 aliphatic heterocycles. The average molecular weight is 627 g/mol. The molecule has 2 saturated heterocycles. The Balaban J connectivity index is 0.00000442. The van der Waals surface area contributed by atoms with Crippen molar-refractivity contribution in [1.29, 1.82) is 0 Å². The molecule has 9 nitrogen and oxygen atoms in total. The smallest absolute Gasteiger partial charge is 0.253 e. The third kappa shape index (κ3) is 6.84. The number of amides is 3. The van der Waals surface area contributed by atoms with E-state index in [1.807, 2.05) is 40.8 Å². The first-order valence-corrected chi connectivity index (χ1v) is 16.4. The Bertz CT molecular complexity index is 1310. The van der Waals surface area contributed by atoms with Gasteiger partial charge < -0.3 is 15.1 Å². The highest BCUT2D eigenvalue weighted by Gasteiger charge is 2.53. The van der Waals surface area contributed by atoms with Crippen LogP contribution < -0.4 is 5.32 Å². The summed E-state index contributed by atoms with van der Waals surface area (Å²) in [7, 11) is 3.50. The van der Waals surface area contributed by atoms with Gasteiger partial charge in [0.25, 0.3) is 5.91 Å². The molecule has 0 radical (unpaired) electrons. The number of likely N-dealkylation sites (tertiary alicyclic amines) is 1. The van der Waals surface area contributed by atoms with Crippen molar-refractivity contribution in [2.45, 2.75) is 103 Å². The first kappa shape index (κ1) is 34.0. The van der Waals surface area contributed by atoms with Gasteiger partial charge in [-0.15, -0.1) is 12.4 Å². The summed E-state index contributed by atoms with van der Waals surface area (Å²) in [6.45, 7) is 9.19. The minimum absolute atomic E-state index is 0. The van der Waals surface area contributed by atoms with Gasteiger partial charge in [-0.25, -0.2) is 4.68 Å². The maximum Gasteiger partial charge on any atom is 0.253 e. The van der Waals surface area contributed by atoms with Gasteiger partial charge >= 0.3 is 0 Å². The Kier molecular flexibility index (Phi) is 11.2. The topological polar surface area (TPSA) is 90.8 Å². The molecule has 1 aromatic heterocycles. The molecule has 0 unspecified atom stereocenters. The summed E-state index contributed by atoms with van der Waals surface area (Å²) in [6.07, 6.45) is 10.1. The van der Waals surface area contributed by atoms with E-state index in [1.54, 1.807) is 19.0 Å². The van der Waals surface area contributed by atoms with E-state index in [-0.39, 0.29) is 36.2 Å². The number of aromatic nitrogens is 2. The number of nitrogens with one attached hydrogen (secondary N) is 1. The molecule has 5 rings (SSSR count). The van der Waals surface area contributed by atoms with E-state index >= 15 is 0 Å². The molecule has 1 N–H and O–H groups in total. The quantitative estimate of drug-likeness (QED) is 0.421. The SMILES string of the molecule is CCCCN1C(=O)[C@H](CC2CCCCC2)NC(=O)C12CCN(Cc1c(C)nn(-c3ccc(C(=O)N(C)C)cc3)c1C)CC2.Cl. The van der Waals surface area contributed by atoms with Gasteiger partial charge in [0.2, 0.25) is 11.8 Å². The normalized spacial score (nSPS) is 20.8. The van der Waals surface area contributed by atoms with E-state index in [2.05, 4.69) is 24.1 Å². The summed E-state index contributed by atoms with van der Waals surface area (Å²) in [5, 5.41) is 8.06. The molecule has 1 aromatic carbocycles. The molecule has 3 aliphatic rings. The van der Waals surface area contributed by atoms with Crippen molar-refractivity contribution in [2.24, 2.45) is 5.92 Å². The number of carbonyl (C=O) groups excluding carboxylic acids is 3. The number of unbranched alkanes of at least 4 members (excludes halogenated alkanes) is 1. The van der Waals surface area contributed by atoms with Crippen LogP contribution in [0.2, 0.25) is 0 Å². The Labute approximate surface area is 269 Å². The molecule has 3 amide bonds. The highest BCUT2D eigenvalue weighted by Crippen LogP contribution is 2.36. The van der Waals surface area contributed by atoms with Gasteiger partial charge in [-0.3, -0.25) is 19.3 Å². The number of aryl methyl sites for hydroxylation is 1. The summed E-state index contributed by atoms with van der Waals surface area (Å²) in [5.74, 6) is 0.709. The zero-order valence-corrected chi connectivity index (χ0v) is 28.0. The van der Waals surface area contributed by atoms with Crippen LogP contribution in [0.5, 0.6) is 0 Å². The number of piperidine rings is 1. The summed E-state index contributed by atoms with van der Waals surface area (Å²) in [5.41, 5.74) is 4.06. The molecule has 0 bridgehead atoms. The van der Waals surface area contributed by atoms with Crippen LogP contribution in [0.4, 0.5) is 0 Å². The molecular formula is C34H51ClN6O3. The van der Waals surface area contributed by atoms with E-state index in [9.17, 15) is 14.4 Å². The van der Waals surface area contributed by atoms with Gasteiger partial charge in [0.1, 0.15) is 11.6 Å². The van der Waals surface area contributed by atoms with E-state index in [0.717, 1.165) is 56.0 Å². The van der Waals surface area contributed by atoms with Crippen LogP contribution >= 0.6 is 12.4 Å². The number of nitrogens with zero attached hydrogens (tertiary/aromatic N) is 5. The van der Waals surface area contributed by atoms with E-state index in [0.29, 0.717) is 30.9 Å². The monoisotopic (exact) mass is 626 g/mol. The van der Waals surface area contributed by atoms with Crippen molar-refractivity contribution in [1.82, 2.24) is 29.8 Å². The third-order valence-electron chi connectivity index (χ3n) is 10.1.